The number of carbonyl (C=O) groups excluding carboxylic acids is 2. The first-order valence-electron chi connectivity index (χ1n) is 4.90. The number of primary amides is 1. The second kappa shape index (κ2) is 5.57. The fourth-order valence-electron chi connectivity index (χ4n) is 1.22. The highest BCUT2D eigenvalue weighted by Crippen LogP contribution is 2.27. The Labute approximate surface area is 109 Å². The van der Waals surface area contributed by atoms with Crippen molar-refractivity contribution in [2.24, 2.45) is 5.73 Å². The lowest BCUT2D eigenvalue weighted by Gasteiger charge is -2.11. The molecule has 0 saturated carbocycles. The summed E-state index contributed by atoms with van der Waals surface area (Å²) in [5.41, 5.74) is 4.68. The molecule has 19 heavy (non-hydrogen) atoms. The lowest BCUT2D eigenvalue weighted by atomic mass is 10.3. The first kappa shape index (κ1) is 14.8. The van der Waals surface area contributed by atoms with E-state index in [1.54, 1.807) is 0 Å². The molecule has 9 heteroatoms. The third-order valence-electron chi connectivity index (χ3n) is 2.11. The molecule has 0 bridgehead atoms. The summed E-state index contributed by atoms with van der Waals surface area (Å²) in [4.78, 5) is 21.3. The fourth-order valence-corrected chi connectivity index (χ4v) is 2.36. The van der Waals surface area contributed by atoms with Gasteiger partial charge in [0.05, 0.1) is 14.2 Å². The van der Waals surface area contributed by atoms with Gasteiger partial charge < -0.3 is 15.2 Å². The van der Waals surface area contributed by atoms with Crippen molar-refractivity contribution >= 4 is 21.8 Å². The molecule has 2 amide bonds. The summed E-state index contributed by atoms with van der Waals surface area (Å²) in [7, 11) is -1.68. The molecule has 0 spiro atoms. The first-order chi connectivity index (χ1) is 8.81. The van der Waals surface area contributed by atoms with Gasteiger partial charge in [-0.15, -0.1) is 0 Å². The number of nitrogens with two attached hydrogens (primary N) is 1. The summed E-state index contributed by atoms with van der Waals surface area (Å²) >= 11 is 0. The number of carbonyl (C=O) groups is 2. The number of methoxy groups -OCH3 is 2. The molecule has 0 heterocycles. The molecule has 0 radical (unpaired) electrons. The zero-order chi connectivity index (χ0) is 14.6. The summed E-state index contributed by atoms with van der Waals surface area (Å²) in [6.07, 6.45) is 0. The van der Waals surface area contributed by atoms with Gasteiger partial charge in [0.2, 0.25) is 0 Å². The van der Waals surface area contributed by atoms with E-state index in [4.69, 9.17) is 9.47 Å². The first-order valence-corrected chi connectivity index (χ1v) is 6.38. The monoisotopic (exact) mass is 288 g/mol. The number of ether oxygens (including phenoxy) is 2. The lowest BCUT2D eigenvalue weighted by molar-refractivity contribution is -0.136. The summed E-state index contributed by atoms with van der Waals surface area (Å²) in [5.74, 6) is -2.62. The molecule has 0 aliphatic rings. The van der Waals surface area contributed by atoms with Gasteiger partial charge in [-0.2, -0.15) is 0 Å². The smallest absolute Gasteiger partial charge is 0.322 e. The number of hydrogen-bond donors (Lipinski definition) is 2. The van der Waals surface area contributed by atoms with Gasteiger partial charge in [-0.1, -0.05) is 0 Å². The van der Waals surface area contributed by atoms with E-state index < -0.39 is 21.8 Å². The standard InChI is InChI=1S/C10H12N2O6S/c1-17-6-3-4-7(18-2)8(5-6)19(15,16)12-10(14)9(11)13/h3-5H,1-2H3,(H2,11,13)(H,12,14). The van der Waals surface area contributed by atoms with Crippen molar-refractivity contribution in [1.29, 1.82) is 0 Å². The quantitative estimate of drug-likeness (QED) is 0.684. The highest BCUT2D eigenvalue weighted by atomic mass is 32.2. The van der Waals surface area contributed by atoms with Gasteiger partial charge in [-0.05, 0) is 12.1 Å². The average Bonchev–Trinajstić information content (AvgIpc) is 2.37. The number of benzene rings is 1. The van der Waals surface area contributed by atoms with Crippen molar-refractivity contribution in [3.8, 4) is 11.5 Å². The van der Waals surface area contributed by atoms with Gasteiger partial charge in [0, 0.05) is 6.07 Å². The molecule has 8 nitrogen and oxygen atoms in total. The summed E-state index contributed by atoms with van der Waals surface area (Å²) in [5, 5.41) is 0. The van der Waals surface area contributed by atoms with Gasteiger partial charge in [0.15, 0.2) is 0 Å². The number of sulfonamides is 1. The number of nitrogens with one attached hydrogen (secondary N) is 1. The maximum absolute atomic E-state index is 11.9. The van der Waals surface area contributed by atoms with Crippen LogP contribution in [-0.4, -0.2) is 34.5 Å². The van der Waals surface area contributed by atoms with E-state index in [1.807, 2.05) is 0 Å². The van der Waals surface area contributed by atoms with E-state index >= 15 is 0 Å². The van der Waals surface area contributed by atoms with Crippen molar-refractivity contribution in [3.63, 3.8) is 0 Å². The van der Waals surface area contributed by atoms with Crippen LogP contribution in [-0.2, 0) is 19.6 Å². The van der Waals surface area contributed by atoms with E-state index in [1.165, 1.54) is 31.1 Å². The minimum Gasteiger partial charge on any atom is -0.497 e. The Bertz CT molecular complexity index is 610. The van der Waals surface area contributed by atoms with Crippen LogP contribution in [0.15, 0.2) is 23.1 Å². The van der Waals surface area contributed by atoms with Crippen molar-refractivity contribution in [3.05, 3.63) is 18.2 Å². The predicted molar refractivity (Wildman–Crippen MR) is 64.1 cm³/mol. The molecule has 0 unspecified atom stereocenters. The number of amides is 2. The third kappa shape index (κ3) is 3.35. The maximum atomic E-state index is 11.9. The van der Waals surface area contributed by atoms with E-state index in [0.717, 1.165) is 6.07 Å². The molecule has 1 rings (SSSR count). The van der Waals surface area contributed by atoms with Crippen LogP contribution in [0, 0.1) is 0 Å². The Balaban J connectivity index is 3.26. The number of hydrogen-bond acceptors (Lipinski definition) is 6. The second-order valence-electron chi connectivity index (χ2n) is 3.32. The normalized spacial score (nSPS) is 10.6. The van der Waals surface area contributed by atoms with E-state index in [0.29, 0.717) is 0 Å². The lowest BCUT2D eigenvalue weighted by Crippen LogP contribution is -2.39. The highest BCUT2D eigenvalue weighted by Gasteiger charge is 2.24. The van der Waals surface area contributed by atoms with Crippen LogP contribution in [0.5, 0.6) is 11.5 Å². The summed E-state index contributed by atoms with van der Waals surface area (Å²) < 4.78 is 35.1. The largest absolute Gasteiger partial charge is 0.497 e. The van der Waals surface area contributed by atoms with Gasteiger partial charge in [-0.3, -0.25) is 9.59 Å². The van der Waals surface area contributed by atoms with Crippen molar-refractivity contribution in [1.82, 2.24) is 4.72 Å². The van der Waals surface area contributed by atoms with Crippen molar-refractivity contribution in [2.75, 3.05) is 14.2 Å². The molecule has 1 aromatic rings. The van der Waals surface area contributed by atoms with Crippen molar-refractivity contribution < 1.29 is 27.5 Å². The van der Waals surface area contributed by atoms with Crippen LogP contribution in [0.4, 0.5) is 0 Å². The zero-order valence-electron chi connectivity index (χ0n) is 10.2. The molecule has 0 aromatic heterocycles. The van der Waals surface area contributed by atoms with Gasteiger partial charge in [-0.25, -0.2) is 13.1 Å². The average molecular weight is 288 g/mol. The Kier molecular flexibility index (Phi) is 4.33. The van der Waals surface area contributed by atoms with E-state index in [2.05, 4.69) is 5.73 Å². The molecular weight excluding hydrogens is 276 g/mol. The van der Waals surface area contributed by atoms with Crippen molar-refractivity contribution in [2.45, 2.75) is 4.90 Å². The topological polar surface area (TPSA) is 125 Å². The number of rotatable bonds is 4. The van der Waals surface area contributed by atoms with E-state index in [-0.39, 0.29) is 16.4 Å². The third-order valence-corrected chi connectivity index (χ3v) is 3.46. The molecule has 3 N–H and O–H groups in total. The minimum absolute atomic E-state index is 0.00873. The molecule has 0 fully saturated rings. The molecule has 104 valence electrons. The fraction of sp³-hybridized carbons (Fsp3) is 0.200. The van der Waals surface area contributed by atoms with Crippen LogP contribution < -0.4 is 19.9 Å². The highest BCUT2D eigenvalue weighted by molar-refractivity contribution is 7.90. The minimum atomic E-state index is -4.29. The Morgan fingerprint density at radius 1 is 1.21 bits per heavy atom. The second-order valence-corrected chi connectivity index (χ2v) is 4.97. The molecule has 0 aliphatic carbocycles. The van der Waals surface area contributed by atoms with Gasteiger partial charge in [0.1, 0.15) is 16.4 Å². The van der Waals surface area contributed by atoms with Crippen LogP contribution in [0.1, 0.15) is 0 Å². The summed E-state index contributed by atoms with van der Waals surface area (Å²) in [6, 6.07) is 3.98. The molecule has 1 aromatic carbocycles. The van der Waals surface area contributed by atoms with Gasteiger partial charge in [0.25, 0.3) is 10.0 Å². The van der Waals surface area contributed by atoms with Crippen LogP contribution >= 0.6 is 0 Å². The van der Waals surface area contributed by atoms with E-state index in [9.17, 15) is 18.0 Å². The maximum Gasteiger partial charge on any atom is 0.322 e. The van der Waals surface area contributed by atoms with Gasteiger partial charge >= 0.3 is 11.8 Å². The molecule has 0 atom stereocenters. The predicted octanol–water partition coefficient (Wildman–Crippen LogP) is -1.01. The molecule has 0 aliphatic heterocycles. The molecular formula is C10H12N2O6S. The van der Waals surface area contributed by atoms with Crippen LogP contribution in [0.2, 0.25) is 0 Å². The van der Waals surface area contributed by atoms with Crippen LogP contribution in [0.3, 0.4) is 0 Å². The zero-order valence-corrected chi connectivity index (χ0v) is 11.0. The van der Waals surface area contributed by atoms with Crippen LogP contribution in [0.25, 0.3) is 0 Å². The Morgan fingerprint density at radius 2 is 1.84 bits per heavy atom. The SMILES string of the molecule is COc1ccc(OC)c(S(=O)(=O)NC(=O)C(N)=O)c1. The Morgan fingerprint density at radius 3 is 2.32 bits per heavy atom. The summed E-state index contributed by atoms with van der Waals surface area (Å²) in [6.45, 7) is 0. The molecule has 0 saturated heterocycles. The Hall–Kier alpha value is -2.29.